The van der Waals surface area contributed by atoms with Gasteiger partial charge in [0.15, 0.2) is 0 Å². The van der Waals surface area contributed by atoms with Gasteiger partial charge in [0.05, 0.1) is 5.56 Å². The lowest BCUT2D eigenvalue weighted by Gasteiger charge is -2.15. The molecule has 1 aromatic heterocycles. The summed E-state index contributed by atoms with van der Waals surface area (Å²) in [6, 6.07) is 17.1. The molecule has 0 bridgehead atoms. The van der Waals surface area contributed by atoms with Crippen LogP contribution in [0, 0.1) is 13.8 Å². The van der Waals surface area contributed by atoms with Crippen molar-refractivity contribution in [1.82, 2.24) is 4.98 Å². The Labute approximate surface area is 155 Å². The third kappa shape index (κ3) is 4.06. The molecular weight excluding hydrogens is 378 g/mol. The monoisotopic (exact) mass is 395 g/mol. The van der Waals surface area contributed by atoms with Crippen LogP contribution in [-0.4, -0.2) is 10.9 Å². The highest BCUT2D eigenvalue weighted by molar-refractivity contribution is 9.10. The van der Waals surface area contributed by atoms with Crippen molar-refractivity contribution in [2.24, 2.45) is 0 Å². The van der Waals surface area contributed by atoms with E-state index < -0.39 is 0 Å². The Morgan fingerprint density at radius 1 is 1.00 bits per heavy atom. The second kappa shape index (κ2) is 7.49. The van der Waals surface area contributed by atoms with E-state index in [0.29, 0.717) is 11.4 Å². The third-order valence-corrected chi connectivity index (χ3v) is 4.35. The minimum absolute atomic E-state index is 0.208. The molecule has 4 nitrogen and oxygen atoms in total. The van der Waals surface area contributed by atoms with Crippen LogP contribution in [0.15, 0.2) is 65.3 Å². The number of nitrogens with zero attached hydrogens (tertiary/aromatic N) is 1. The van der Waals surface area contributed by atoms with Crippen LogP contribution >= 0.6 is 15.9 Å². The van der Waals surface area contributed by atoms with E-state index in [0.717, 1.165) is 27.0 Å². The quantitative estimate of drug-likeness (QED) is 0.616. The van der Waals surface area contributed by atoms with E-state index in [1.54, 1.807) is 18.3 Å². The number of nitrogens with one attached hydrogen (secondary N) is 2. The van der Waals surface area contributed by atoms with Crippen LogP contribution in [0.4, 0.5) is 17.2 Å². The summed E-state index contributed by atoms with van der Waals surface area (Å²) in [5.41, 5.74) is 4.39. The highest BCUT2D eigenvalue weighted by atomic mass is 79.9. The molecule has 126 valence electrons. The van der Waals surface area contributed by atoms with E-state index >= 15 is 0 Å². The van der Waals surface area contributed by atoms with Crippen molar-refractivity contribution in [2.75, 3.05) is 10.6 Å². The summed E-state index contributed by atoms with van der Waals surface area (Å²) in [5, 5.41) is 6.21. The van der Waals surface area contributed by atoms with Crippen LogP contribution in [0.3, 0.4) is 0 Å². The summed E-state index contributed by atoms with van der Waals surface area (Å²) in [4.78, 5) is 17.1. The van der Waals surface area contributed by atoms with Crippen LogP contribution in [0.25, 0.3) is 0 Å². The number of rotatable bonds is 4. The van der Waals surface area contributed by atoms with E-state index in [2.05, 4.69) is 31.5 Å². The molecule has 0 aliphatic heterocycles. The molecule has 1 heterocycles. The molecule has 0 radical (unpaired) electrons. The fourth-order valence-corrected chi connectivity index (χ4v) is 2.98. The molecule has 0 atom stereocenters. The van der Waals surface area contributed by atoms with Gasteiger partial charge in [-0.15, -0.1) is 0 Å². The normalized spacial score (nSPS) is 10.4. The van der Waals surface area contributed by atoms with Crippen LogP contribution in [0.2, 0.25) is 0 Å². The lowest BCUT2D eigenvalue weighted by Crippen LogP contribution is -2.15. The first-order valence-corrected chi connectivity index (χ1v) is 8.69. The second-order valence-corrected chi connectivity index (χ2v) is 6.67. The highest BCUT2D eigenvalue weighted by Gasteiger charge is 2.14. The average Bonchev–Trinajstić information content (AvgIpc) is 2.58. The molecule has 25 heavy (non-hydrogen) atoms. The minimum Gasteiger partial charge on any atom is -0.339 e. The van der Waals surface area contributed by atoms with Gasteiger partial charge in [-0.3, -0.25) is 4.79 Å². The standard InChI is InChI=1S/C20H18BrN3O/c1-13-6-3-7-14(2)18(13)24-19-17(10-5-11-22-19)20(25)23-16-9-4-8-15(21)12-16/h3-12H,1-2H3,(H,22,24)(H,23,25). The summed E-state index contributed by atoms with van der Waals surface area (Å²) >= 11 is 3.41. The maximum absolute atomic E-state index is 12.7. The van der Waals surface area contributed by atoms with Gasteiger partial charge in [-0.2, -0.15) is 0 Å². The highest BCUT2D eigenvalue weighted by Crippen LogP contribution is 2.26. The molecule has 0 fully saturated rings. The Balaban J connectivity index is 1.89. The lowest BCUT2D eigenvalue weighted by atomic mass is 10.1. The summed E-state index contributed by atoms with van der Waals surface area (Å²) < 4.78 is 0.908. The van der Waals surface area contributed by atoms with Crippen LogP contribution in [-0.2, 0) is 0 Å². The Morgan fingerprint density at radius 3 is 2.44 bits per heavy atom. The number of aryl methyl sites for hydroxylation is 2. The number of carbonyl (C=O) groups is 1. The maximum atomic E-state index is 12.7. The molecule has 2 N–H and O–H groups in total. The van der Waals surface area contributed by atoms with Gasteiger partial charge in [-0.25, -0.2) is 4.98 Å². The molecule has 5 heteroatoms. The van der Waals surface area contributed by atoms with E-state index in [4.69, 9.17) is 0 Å². The fraction of sp³-hybridized carbons (Fsp3) is 0.100. The molecule has 0 saturated carbocycles. The van der Waals surface area contributed by atoms with E-state index in [1.165, 1.54) is 0 Å². The largest absolute Gasteiger partial charge is 0.339 e. The number of hydrogen-bond donors (Lipinski definition) is 2. The number of pyridine rings is 1. The molecule has 0 spiro atoms. The number of anilines is 3. The number of amides is 1. The molecule has 2 aromatic carbocycles. The molecule has 0 aliphatic carbocycles. The fourth-order valence-electron chi connectivity index (χ4n) is 2.58. The summed E-state index contributed by atoms with van der Waals surface area (Å²) in [7, 11) is 0. The van der Waals surface area contributed by atoms with E-state index in [1.807, 2.05) is 56.3 Å². The Morgan fingerprint density at radius 2 is 1.72 bits per heavy atom. The lowest BCUT2D eigenvalue weighted by molar-refractivity contribution is 0.102. The number of halogens is 1. The van der Waals surface area contributed by atoms with Gasteiger partial charge in [0, 0.05) is 22.0 Å². The zero-order valence-electron chi connectivity index (χ0n) is 14.0. The van der Waals surface area contributed by atoms with E-state index in [9.17, 15) is 4.79 Å². The Kier molecular flexibility index (Phi) is 5.14. The van der Waals surface area contributed by atoms with Gasteiger partial charge in [0.2, 0.25) is 0 Å². The zero-order chi connectivity index (χ0) is 17.8. The summed E-state index contributed by atoms with van der Waals surface area (Å²) in [6.07, 6.45) is 1.67. The summed E-state index contributed by atoms with van der Waals surface area (Å²) in [5.74, 6) is 0.326. The van der Waals surface area contributed by atoms with Crippen molar-refractivity contribution in [3.05, 3.63) is 82.0 Å². The SMILES string of the molecule is Cc1cccc(C)c1Nc1ncccc1C(=O)Nc1cccc(Br)c1. The minimum atomic E-state index is -0.208. The average molecular weight is 396 g/mol. The first-order valence-electron chi connectivity index (χ1n) is 7.90. The molecule has 3 rings (SSSR count). The predicted molar refractivity (Wildman–Crippen MR) is 106 cm³/mol. The van der Waals surface area contributed by atoms with Gasteiger partial charge >= 0.3 is 0 Å². The zero-order valence-corrected chi connectivity index (χ0v) is 15.6. The molecule has 0 saturated heterocycles. The Hall–Kier alpha value is -2.66. The van der Waals surface area contributed by atoms with E-state index in [-0.39, 0.29) is 5.91 Å². The topological polar surface area (TPSA) is 54.0 Å². The van der Waals surface area contributed by atoms with Crippen LogP contribution in [0.1, 0.15) is 21.5 Å². The number of carbonyl (C=O) groups excluding carboxylic acids is 1. The number of para-hydroxylation sites is 1. The van der Waals surface area contributed by atoms with Crippen molar-refractivity contribution in [3.63, 3.8) is 0 Å². The first kappa shape index (κ1) is 17.2. The maximum Gasteiger partial charge on any atom is 0.259 e. The van der Waals surface area contributed by atoms with Crippen LogP contribution in [0.5, 0.6) is 0 Å². The van der Waals surface area contributed by atoms with Gasteiger partial charge in [-0.05, 0) is 55.3 Å². The third-order valence-electron chi connectivity index (χ3n) is 3.86. The smallest absolute Gasteiger partial charge is 0.259 e. The van der Waals surface area contributed by atoms with Gasteiger partial charge in [-0.1, -0.05) is 40.2 Å². The van der Waals surface area contributed by atoms with Gasteiger partial charge in [0.1, 0.15) is 5.82 Å². The Bertz CT molecular complexity index is 904. The molecule has 0 unspecified atom stereocenters. The molecule has 3 aromatic rings. The van der Waals surface area contributed by atoms with Crippen molar-refractivity contribution in [2.45, 2.75) is 13.8 Å². The summed E-state index contributed by atoms with van der Waals surface area (Å²) in [6.45, 7) is 4.05. The van der Waals surface area contributed by atoms with Crippen molar-refractivity contribution in [1.29, 1.82) is 0 Å². The molecule has 1 amide bonds. The van der Waals surface area contributed by atoms with Gasteiger partial charge in [0.25, 0.3) is 5.91 Å². The number of hydrogen-bond acceptors (Lipinski definition) is 3. The first-order chi connectivity index (χ1) is 12.0. The van der Waals surface area contributed by atoms with Gasteiger partial charge < -0.3 is 10.6 Å². The predicted octanol–water partition coefficient (Wildman–Crippen LogP) is 5.46. The van der Waals surface area contributed by atoms with Crippen molar-refractivity contribution in [3.8, 4) is 0 Å². The number of aromatic nitrogens is 1. The second-order valence-electron chi connectivity index (χ2n) is 5.76. The van der Waals surface area contributed by atoms with Crippen LogP contribution < -0.4 is 10.6 Å². The van der Waals surface area contributed by atoms with Crippen molar-refractivity contribution < 1.29 is 4.79 Å². The molecular formula is C20H18BrN3O. The van der Waals surface area contributed by atoms with Crippen molar-refractivity contribution >= 4 is 39.0 Å². The molecule has 0 aliphatic rings. The number of benzene rings is 2.